The Morgan fingerprint density at radius 2 is 2.20 bits per heavy atom. The molecule has 3 heterocycles. The van der Waals surface area contributed by atoms with Crippen LogP contribution in [0.2, 0.25) is 0 Å². The molecule has 0 radical (unpaired) electrons. The van der Waals surface area contributed by atoms with Gasteiger partial charge in [0, 0.05) is 25.1 Å². The summed E-state index contributed by atoms with van der Waals surface area (Å²) in [6, 6.07) is 4.90. The standard InChI is InChI=1S/C18H17F3N6O3/c1-2-15-22-16(30-24-15)14-10-27(25-23-14)12-6-7-26(9-12)17(28)11-4-3-5-13(8-11)29-18(19,20)21/h3-5,8,10,12H,2,6-7,9H2,1H3/t12-/m1/s1. The number of benzene rings is 1. The van der Waals surface area contributed by atoms with Gasteiger partial charge >= 0.3 is 6.36 Å². The Bertz CT molecular complexity index is 1050. The maximum Gasteiger partial charge on any atom is 0.573 e. The molecule has 0 saturated carbocycles. The smallest absolute Gasteiger partial charge is 0.406 e. The maximum atomic E-state index is 12.7. The number of aryl methyl sites for hydroxylation is 1. The number of ether oxygens (including phenoxy) is 1. The Morgan fingerprint density at radius 1 is 1.37 bits per heavy atom. The predicted octanol–water partition coefficient (Wildman–Crippen LogP) is 2.88. The van der Waals surface area contributed by atoms with Crippen molar-refractivity contribution in [3.63, 3.8) is 0 Å². The molecule has 1 saturated heterocycles. The van der Waals surface area contributed by atoms with E-state index in [9.17, 15) is 18.0 Å². The average Bonchev–Trinajstić information content (AvgIpc) is 3.45. The second-order valence-corrected chi connectivity index (χ2v) is 6.72. The van der Waals surface area contributed by atoms with E-state index in [0.29, 0.717) is 37.4 Å². The fraction of sp³-hybridized carbons (Fsp3) is 0.389. The van der Waals surface area contributed by atoms with Crippen LogP contribution in [0.1, 0.15) is 35.6 Å². The maximum absolute atomic E-state index is 12.7. The van der Waals surface area contributed by atoms with Crippen molar-refractivity contribution >= 4 is 5.91 Å². The van der Waals surface area contributed by atoms with Crippen molar-refractivity contribution in [2.75, 3.05) is 13.1 Å². The number of amides is 1. The van der Waals surface area contributed by atoms with Crippen LogP contribution in [0, 0.1) is 0 Å². The Labute approximate surface area is 168 Å². The van der Waals surface area contributed by atoms with Gasteiger partial charge in [-0.1, -0.05) is 23.4 Å². The van der Waals surface area contributed by atoms with Gasteiger partial charge in [-0.2, -0.15) is 4.98 Å². The van der Waals surface area contributed by atoms with Crippen LogP contribution in [-0.4, -0.2) is 55.4 Å². The molecule has 1 amide bonds. The Kier molecular flexibility index (Phi) is 5.14. The van der Waals surface area contributed by atoms with E-state index in [-0.39, 0.29) is 23.4 Å². The lowest BCUT2D eigenvalue weighted by Crippen LogP contribution is -2.29. The van der Waals surface area contributed by atoms with Crippen LogP contribution in [0.15, 0.2) is 35.0 Å². The first-order valence-corrected chi connectivity index (χ1v) is 9.22. The third-order valence-electron chi connectivity index (χ3n) is 4.65. The SMILES string of the molecule is CCc1noc(-c2cn([C@@H]3CCN(C(=O)c4cccc(OC(F)(F)F)c4)C3)nn2)n1. The van der Waals surface area contributed by atoms with Crippen LogP contribution in [0.25, 0.3) is 11.6 Å². The summed E-state index contributed by atoms with van der Waals surface area (Å²) in [5.74, 6) is 0.0189. The zero-order valence-electron chi connectivity index (χ0n) is 15.8. The highest BCUT2D eigenvalue weighted by Gasteiger charge is 2.32. The van der Waals surface area contributed by atoms with Gasteiger partial charge < -0.3 is 14.2 Å². The number of hydrogen-bond donors (Lipinski definition) is 0. The molecule has 2 aromatic heterocycles. The van der Waals surface area contributed by atoms with E-state index in [2.05, 4.69) is 25.2 Å². The van der Waals surface area contributed by atoms with Gasteiger partial charge in [-0.15, -0.1) is 18.3 Å². The lowest BCUT2D eigenvalue weighted by Gasteiger charge is -2.17. The highest BCUT2D eigenvalue weighted by atomic mass is 19.4. The molecule has 4 rings (SSSR count). The molecule has 0 aliphatic carbocycles. The molecule has 0 spiro atoms. The molecule has 158 valence electrons. The lowest BCUT2D eigenvalue weighted by atomic mass is 10.2. The molecule has 1 aliphatic heterocycles. The summed E-state index contributed by atoms with van der Waals surface area (Å²) >= 11 is 0. The molecular formula is C18H17F3N6O3. The van der Waals surface area contributed by atoms with Gasteiger partial charge in [-0.05, 0) is 24.6 Å². The van der Waals surface area contributed by atoms with E-state index in [1.807, 2.05) is 6.92 Å². The van der Waals surface area contributed by atoms with Gasteiger partial charge in [0.05, 0.1) is 12.2 Å². The van der Waals surface area contributed by atoms with Gasteiger partial charge in [-0.3, -0.25) is 4.79 Å². The molecule has 1 atom stereocenters. The minimum atomic E-state index is -4.82. The lowest BCUT2D eigenvalue weighted by molar-refractivity contribution is -0.274. The first-order chi connectivity index (χ1) is 14.3. The van der Waals surface area contributed by atoms with E-state index in [0.717, 1.165) is 12.1 Å². The minimum absolute atomic E-state index is 0.120. The zero-order chi connectivity index (χ0) is 21.3. The zero-order valence-corrected chi connectivity index (χ0v) is 15.8. The summed E-state index contributed by atoms with van der Waals surface area (Å²) < 4.78 is 47.9. The van der Waals surface area contributed by atoms with Gasteiger partial charge in [-0.25, -0.2) is 4.68 Å². The van der Waals surface area contributed by atoms with Crippen molar-refractivity contribution < 1.29 is 27.2 Å². The fourth-order valence-electron chi connectivity index (χ4n) is 3.21. The highest BCUT2D eigenvalue weighted by molar-refractivity contribution is 5.94. The quantitative estimate of drug-likeness (QED) is 0.623. The molecule has 0 unspecified atom stereocenters. The highest BCUT2D eigenvalue weighted by Crippen LogP contribution is 2.27. The van der Waals surface area contributed by atoms with Crippen molar-refractivity contribution in [2.24, 2.45) is 0 Å². The Balaban J connectivity index is 1.43. The van der Waals surface area contributed by atoms with Crippen molar-refractivity contribution in [2.45, 2.75) is 32.2 Å². The molecule has 1 aliphatic rings. The van der Waals surface area contributed by atoms with Gasteiger partial charge in [0.25, 0.3) is 11.8 Å². The summed E-state index contributed by atoms with van der Waals surface area (Å²) in [6.45, 7) is 2.68. The first-order valence-electron chi connectivity index (χ1n) is 9.22. The molecule has 0 N–H and O–H groups in total. The predicted molar refractivity (Wildman–Crippen MR) is 95.4 cm³/mol. The topological polar surface area (TPSA) is 99.2 Å². The van der Waals surface area contributed by atoms with Crippen molar-refractivity contribution in [1.29, 1.82) is 0 Å². The van der Waals surface area contributed by atoms with Crippen molar-refractivity contribution in [3.05, 3.63) is 41.9 Å². The summed E-state index contributed by atoms with van der Waals surface area (Å²) in [4.78, 5) is 18.5. The second-order valence-electron chi connectivity index (χ2n) is 6.72. The summed E-state index contributed by atoms with van der Waals surface area (Å²) in [6.07, 6.45) is -1.89. The summed E-state index contributed by atoms with van der Waals surface area (Å²) in [7, 11) is 0. The van der Waals surface area contributed by atoms with E-state index in [4.69, 9.17) is 4.52 Å². The van der Waals surface area contributed by atoms with Gasteiger partial charge in [0.15, 0.2) is 11.5 Å². The molecule has 1 aromatic carbocycles. The van der Waals surface area contributed by atoms with Crippen LogP contribution >= 0.6 is 0 Å². The molecule has 3 aromatic rings. The van der Waals surface area contributed by atoms with Gasteiger partial charge in [0.1, 0.15) is 5.75 Å². The van der Waals surface area contributed by atoms with E-state index >= 15 is 0 Å². The molecule has 1 fully saturated rings. The average molecular weight is 422 g/mol. The molecule has 12 heteroatoms. The number of aromatic nitrogens is 5. The molecular weight excluding hydrogens is 405 g/mol. The third-order valence-corrected chi connectivity index (χ3v) is 4.65. The Morgan fingerprint density at radius 3 is 2.93 bits per heavy atom. The summed E-state index contributed by atoms with van der Waals surface area (Å²) in [5, 5.41) is 11.9. The Hall–Kier alpha value is -3.44. The fourth-order valence-corrected chi connectivity index (χ4v) is 3.21. The summed E-state index contributed by atoms with van der Waals surface area (Å²) in [5.41, 5.74) is 0.554. The third kappa shape index (κ3) is 4.26. The van der Waals surface area contributed by atoms with Crippen molar-refractivity contribution in [3.8, 4) is 17.3 Å². The van der Waals surface area contributed by atoms with Crippen LogP contribution in [0.5, 0.6) is 5.75 Å². The number of carbonyl (C=O) groups is 1. The number of carbonyl (C=O) groups excluding carboxylic acids is 1. The van der Waals surface area contributed by atoms with Crippen LogP contribution < -0.4 is 4.74 Å². The number of halogens is 3. The van der Waals surface area contributed by atoms with Crippen LogP contribution in [-0.2, 0) is 6.42 Å². The van der Waals surface area contributed by atoms with E-state index in [1.54, 1.807) is 15.8 Å². The number of hydrogen-bond acceptors (Lipinski definition) is 7. The van der Waals surface area contributed by atoms with Crippen molar-refractivity contribution in [1.82, 2.24) is 30.0 Å². The molecule has 9 nitrogen and oxygen atoms in total. The van der Waals surface area contributed by atoms with Crippen LogP contribution in [0.3, 0.4) is 0 Å². The molecule has 0 bridgehead atoms. The van der Waals surface area contributed by atoms with Gasteiger partial charge in [0.2, 0.25) is 0 Å². The number of rotatable bonds is 5. The van der Waals surface area contributed by atoms with E-state index < -0.39 is 12.1 Å². The first kappa shape index (κ1) is 19.9. The number of nitrogens with zero attached hydrogens (tertiary/aromatic N) is 6. The molecule has 30 heavy (non-hydrogen) atoms. The normalized spacial score (nSPS) is 16.8. The number of alkyl halides is 3. The minimum Gasteiger partial charge on any atom is -0.406 e. The van der Waals surface area contributed by atoms with E-state index in [1.165, 1.54) is 12.1 Å². The second kappa shape index (κ2) is 7.76. The largest absolute Gasteiger partial charge is 0.573 e. The van der Waals surface area contributed by atoms with Crippen LogP contribution in [0.4, 0.5) is 13.2 Å². The number of likely N-dealkylation sites (tertiary alicyclic amines) is 1. The monoisotopic (exact) mass is 422 g/mol.